The molecule has 0 atom stereocenters. The van der Waals surface area contributed by atoms with E-state index >= 15 is 0 Å². The van der Waals surface area contributed by atoms with E-state index in [4.69, 9.17) is 19.2 Å². The fraction of sp³-hybridized carbons (Fsp3) is 0.910. The van der Waals surface area contributed by atoms with Crippen LogP contribution < -0.4 is 5.32 Å². The number of halogens is 1. The molecule has 1 saturated heterocycles. The molecule has 2 aliphatic carbocycles. The maximum Gasteiger partial charge on any atom is 0.178 e. The van der Waals surface area contributed by atoms with Crippen molar-refractivity contribution in [1.29, 1.82) is 0 Å². The van der Waals surface area contributed by atoms with E-state index in [2.05, 4.69) is 467 Å². The van der Waals surface area contributed by atoms with Gasteiger partial charge < -0.3 is 19.5 Å². The number of nitrogens with one attached hydrogen (secondary N) is 1. The van der Waals surface area contributed by atoms with Crippen LogP contribution in [0.15, 0.2) is 58.6 Å². The first kappa shape index (κ1) is 154. The molecule has 1 aromatic carbocycles. The number of rotatable bonds is 4. The Morgan fingerprint density at radius 2 is 0.631 bits per heavy atom. The van der Waals surface area contributed by atoms with Crippen molar-refractivity contribution < 1.29 is 23.4 Å². The van der Waals surface area contributed by atoms with E-state index in [-0.39, 0.29) is 70.6 Å². The summed E-state index contributed by atoms with van der Waals surface area (Å²) < 4.78 is 31.8. The van der Waals surface area contributed by atoms with E-state index in [0.29, 0.717) is 101 Å². The van der Waals surface area contributed by atoms with Crippen LogP contribution in [0.1, 0.15) is 604 Å². The predicted molar refractivity (Wildman–Crippen MR) is 646 cm³/mol. The third-order valence-electron chi connectivity index (χ3n) is 29.9. The molecule has 1 heterocycles. The molecule has 1 aromatic rings. The second-order valence-electron chi connectivity index (χ2n) is 69.4. The number of benzene rings is 1. The SMILES string of the molecule is C=C(C(C)(C)C)C(C)(C)C.CC(C)(C)C(=C1CCCC1)C(C)(C)C.CC(C)(C)C(=Nc1ccccc1)C(C)(C)C.CC(C)(C)C(=O)C(C)(C)C.CC(C)(C)C(C)(C)C(C)(C)C.CC(C)(C)C(C)(F)C(C)(C)C.CC(C)(C)C1(C(C)(C)C)CCCCC1.CC(C)(C)C1(C(C)(C)C)OCCO1.CC(C)(C)CC(C)(C)C.CC(C)(C)CC(C)(C)C.CCOC(C)(C(C)(C)C)C(C)(C)C.CNC(C(C)(C)C)C(C)(C)C. The third-order valence-corrected chi connectivity index (χ3v) is 29.9. The summed E-state index contributed by atoms with van der Waals surface area (Å²) in [5.74, 6) is -0.111. The van der Waals surface area contributed by atoms with Crippen molar-refractivity contribution in [3.63, 3.8) is 0 Å². The van der Waals surface area contributed by atoms with Gasteiger partial charge in [0.2, 0.25) is 0 Å². The summed E-state index contributed by atoms with van der Waals surface area (Å²) >= 11 is 0. The van der Waals surface area contributed by atoms with E-state index < -0.39 is 11.5 Å². The van der Waals surface area contributed by atoms with E-state index in [1.807, 2.05) is 108 Å². The highest BCUT2D eigenvalue weighted by molar-refractivity contribution is 5.95. The van der Waals surface area contributed by atoms with Crippen LogP contribution in [-0.2, 0) is 19.0 Å². The molecule has 4 rings (SSSR count). The van der Waals surface area contributed by atoms with Crippen molar-refractivity contribution in [2.45, 2.75) is 627 Å². The number of ketones is 1. The molecule has 0 radical (unpaired) electrons. The van der Waals surface area contributed by atoms with Gasteiger partial charge in [-0.15, -0.1) is 0 Å². The standard InChI is InChI=1S/C15H23N.C14H28.C14H26.C12H26O.C11H22O2.C11H24.C10H21F.C10H23N.C10H20.C9H18O.2C9H20/c1-14(2,3)13(15(4,5)6)16-12-10-8-7-9-11-12;1-12(2,3)14(13(4,5)6)10-8-7-9-11-14;1-13(2,3)12(14(4,5)6)11-9-7-8-10-11;1-9-13-12(8,10(2,3)4)11(5,6)7;1-9(2,3)11(10(4,5)6)12-7-8-13-11;1-9(2,3)11(7,8)10(4,5)6;1-8(2,3)10(7,11)9(4,5)6;1-9(2,3)8(11-7)10(4,5)6;1-8(9(2,3)4)10(5,6)7;1-8(2,3)7(10)9(4,5)6;2*1-8(2,3)7-9(4,5)6/h7-11H,1-6H3;7-11H2,1-6H3;7-10H2,1-6H3;9H2,1-8H3;7-8H2,1-6H3;1-8H3;1-7H3;8,11H,1-7H3;1H2,2-7H3;1-6H3;2*7H2,1-6H3. The van der Waals surface area contributed by atoms with Gasteiger partial charge in [0.05, 0.1) is 24.5 Å². The van der Waals surface area contributed by atoms with Crippen molar-refractivity contribution in [1.82, 2.24) is 5.32 Å². The summed E-state index contributed by atoms with van der Waals surface area (Å²) in [6, 6.07) is 10.8. The fourth-order valence-electron chi connectivity index (χ4n) is 23.2. The first-order valence-electron chi connectivity index (χ1n) is 56.2. The van der Waals surface area contributed by atoms with Crippen molar-refractivity contribution in [2.75, 3.05) is 26.9 Å². The van der Waals surface area contributed by atoms with Crippen LogP contribution in [0.3, 0.4) is 0 Å². The molecule has 7 heteroatoms. The minimum absolute atomic E-state index is 0.0156. The molecular weight excluding hydrogens is 1720 g/mol. The number of alkyl halides is 1. The molecule has 848 valence electrons. The number of allylic oxidation sites excluding steroid dienone is 3. The van der Waals surface area contributed by atoms with Crippen molar-refractivity contribution in [3.8, 4) is 0 Å². The van der Waals surface area contributed by atoms with Crippen molar-refractivity contribution in [3.05, 3.63) is 53.6 Å². The summed E-state index contributed by atoms with van der Waals surface area (Å²) in [5.41, 5.74) is 11.9. The monoisotopic (exact) mass is 1990 g/mol. The van der Waals surface area contributed by atoms with Crippen molar-refractivity contribution in [2.24, 2.45) is 146 Å². The molecule has 2 saturated carbocycles. The number of aliphatic imine (C=N–C) groups is 1. The average Bonchev–Trinajstić information content (AvgIpc) is 1.75. The van der Waals surface area contributed by atoms with Crippen molar-refractivity contribution >= 4 is 17.2 Å². The molecule has 141 heavy (non-hydrogen) atoms. The largest absolute Gasteiger partial charge is 0.374 e. The zero-order valence-electron chi connectivity index (χ0n) is 113. The van der Waals surface area contributed by atoms with Gasteiger partial charge >= 0.3 is 0 Å². The maximum absolute atomic E-state index is 14.1. The Hall–Kier alpha value is -2.19. The second kappa shape index (κ2) is 54.9. The van der Waals surface area contributed by atoms with E-state index in [1.54, 1.807) is 18.1 Å². The van der Waals surface area contributed by atoms with Crippen LogP contribution in [0, 0.1) is 141 Å². The molecular formula is C134H271FN2O4. The topological polar surface area (TPSA) is 69.2 Å². The molecule has 1 N–H and O–H groups in total. The third kappa shape index (κ3) is 58.9. The van der Waals surface area contributed by atoms with Gasteiger partial charge in [-0.3, -0.25) is 9.79 Å². The highest BCUT2D eigenvalue weighted by atomic mass is 19.1. The van der Waals surface area contributed by atoms with Gasteiger partial charge in [-0.25, -0.2) is 4.39 Å². The van der Waals surface area contributed by atoms with Gasteiger partial charge in [-0.2, -0.15) is 0 Å². The number of Topliss-reactive ketones (excluding diaryl/α,β-unsaturated/α-hetero) is 1. The molecule has 1 aliphatic heterocycles. The Balaban J connectivity index is -0.000000229. The zero-order chi connectivity index (χ0) is 117. The lowest BCUT2D eigenvalue weighted by molar-refractivity contribution is -0.279. The molecule has 0 spiro atoms. The van der Waals surface area contributed by atoms with Gasteiger partial charge in [0.15, 0.2) is 5.79 Å². The zero-order valence-corrected chi connectivity index (χ0v) is 113. The predicted octanol–water partition coefficient (Wildman–Crippen LogP) is 45.3. The number of carbonyl (C=O) groups is 1. The highest BCUT2D eigenvalue weighted by Gasteiger charge is 2.56. The number of ether oxygens (including phenoxy) is 3. The van der Waals surface area contributed by atoms with E-state index in [1.165, 1.54) is 81.9 Å². The smallest absolute Gasteiger partial charge is 0.178 e. The summed E-state index contributed by atoms with van der Waals surface area (Å²) in [4.78, 5) is 16.3. The van der Waals surface area contributed by atoms with Gasteiger partial charge in [-0.05, 0) is 200 Å². The lowest BCUT2D eigenvalue weighted by Crippen LogP contribution is -2.54. The lowest BCUT2D eigenvalue weighted by Gasteiger charge is -2.56. The van der Waals surface area contributed by atoms with Crippen LogP contribution in [0.4, 0.5) is 10.1 Å². The molecule has 0 aromatic heterocycles. The Morgan fingerprint density at radius 1 is 0.362 bits per heavy atom. The van der Waals surface area contributed by atoms with Crippen LogP contribution in [0.2, 0.25) is 0 Å². The maximum atomic E-state index is 14.1. The normalized spacial score (nSPS) is 16.3. The second-order valence-corrected chi connectivity index (χ2v) is 69.4. The number of hydrogen-bond acceptors (Lipinski definition) is 6. The van der Waals surface area contributed by atoms with Crippen LogP contribution in [0.5, 0.6) is 0 Å². The average molecular weight is 1990 g/mol. The number of carbonyl (C=O) groups excluding carboxylic acids is 1. The van der Waals surface area contributed by atoms with E-state index in [0.717, 1.165) is 12.3 Å². The van der Waals surface area contributed by atoms with Gasteiger partial charge in [0.25, 0.3) is 0 Å². The van der Waals surface area contributed by atoms with Gasteiger partial charge in [-0.1, -0.05) is 573 Å². The molecule has 0 unspecified atom stereocenters. The van der Waals surface area contributed by atoms with Crippen LogP contribution in [-0.4, -0.2) is 61.5 Å². The first-order chi connectivity index (χ1) is 60.3. The molecule has 6 nitrogen and oxygen atoms in total. The minimum atomic E-state index is -1.13. The lowest BCUT2D eigenvalue weighted by atomic mass is 9.49. The number of nitrogens with zero attached hydrogens (tertiary/aromatic N) is 1. The molecule has 0 amide bonds. The summed E-state index contributed by atoms with van der Waals surface area (Å²) in [6.07, 6.45) is 15.3. The number of hydrogen-bond donors (Lipinski definition) is 1. The highest BCUT2D eigenvalue weighted by Crippen LogP contribution is 2.60. The van der Waals surface area contributed by atoms with Gasteiger partial charge in [0.1, 0.15) is 11.5 Å². The first-order valence-corrected chi connectivity index (χ1v) is 56.2. The molecule has 0 bridgehead atoms. The van der Waals surface area contributed by atoms with Crippen LogP contribution in [0.25, 0.3) is 0 Å². The van der Waals surface area contributed by atoms with E-state index in [9.17, 15) is 9.18 Å². The Morgan fingerprint density at radius 3 is 0.745 bits per heavy atom. The Bertz CT molecular complexity index is 3340. The molecule has 3 aliphatic rings. The molecule has 3 fully saturated rings. The summed E-state index contributed by atoms with van der Waals surface area (Å²) in [5, 5.41) is 3.38. The Labute approximate surface area is 893 Å². The summed E-state index contributed by atoms with van der Waals surface area (Å²) in [7, 11) is 2.04. The number of para-hydroxylation sites is 1. The summed E-state index contributed by atoms with van der Waals surface area (Å²) in [6.45, 7) is 177. The fourth-order valence-corrected chi connectivity index (χ4v) is 23.2. The van der Waals surface area contributed by atoms with Crippen LogP contribution >= 0.6 is 0 Å². The minimum Gasteiger partial charge on any atom is -0.374 e. The Kier molecular flexibility index (Phi) is 60.0. The quantitative estimate of drug-likeness (QED) is 0.240. The van der Waals surface area contributed by atoms with Gasteiger partial charge in [0, 0.05) is 50.9 Å².